The number of unbranched alkanes of at least 4 members (excludes halogenated alkanes) is 33. The summed E-state index contributed by atoms with van der Waals surface area (Å²) in [6.45, 7) is 6.48. The molecule has 344 valence electrons. The Kier molecular flexibility index (Phi) is 45.5. The molecule has 3 unspecified atom stereocenters. The SMILES string of the molecule is CCCCCC/C=C\CCCCCCCC(CC(=O)NC(CO)C(O)CCCCCCCCCCCC)OC(=O)CCCCCCCCCCCCCCCCCC. The van der Waals surface area contributed by atoms with Gasteiger partial charge in [0.05, 0.1) is 25.2 Å². The molecule has 0 aliphatic rings. The van der Waals surface area contributed by atoms with Crippen LogP contribution in [0.5, 0.6) is 0 Å². The van der Waals surface area contributed by atoms with Gasteiger partial charge in [-0.15, -0.1) is 0 Å². The molecule has 0 radical (unpaired) electrons. The average Bonchev–Trinajstić information content (AvgIpc) is 3.22. The second kappa shape index (κ2) is 46.7. The summed E-state index contributed by atoms with van der Waals surface area (Å²) in [5.41, 5.74) is 0. The van der Waals surface area contributed by atoms with E-state index in [0.717, 1.165) is 57.8 Å². The largest absolute Gasteiger partial charge is 0.462 e. The van der Waals surface area contributed by atoms with E-state index in [0.29, 0.717) is 19.3 Å². The van der Waals surface area contributed by atoms with Gasteiger partial charge in [0.15, 0.2) is 0 Å². The van der Waals surface area contributed by atoms with Crippen LogP contribution < -0.4 is 5.32 Å². The third kappa shape index (κ3) is 41.3. The fourth-order valence-corrected chi connectivity index (χ4v) is 8.13. The molecule has 6 heteroatoms. The molecule has 0 saturated carbocycles. The van der Waals surface area contributed by atoms with Crippen LogP contribution in [0.1, 0.15) is 284 Å². The van der Waals surface area contributed by atoms with E-state index in [1.807, 2.05) is 0 Å². The number of aliphatic hydroxyl groups is 2. The van der Waals surface area contributed by atoms with Crippen molar-refractivity contribution in [1.82, 2.24) is 5.32 Å². The third-order valence-electron chi connectivity index (χ3n) is 12.1. The molecule has 0 heterocycles. The highest BCUT2D eigenvalue weighted by Crippen LogP contribution is 2.18. The van der Waals surface area contributed by atoms with Crippen LogP contribution in [-0.2, 0) is 14.3 Å². The van der Waals surface area contributed by atoms with Gasteiger partial charge in [-0.3, -0.25) is 9.59 Å². The Bertz CT molecular complexity index is 878. The minimum absolute atomic E-state index is 0.0786. The number of nitrogens with one attached hydrogen (secondary N) is 1. The molecule has 0 aliphatic carbocycles. The molecule has 0 aromatic carbocycles. The van der Waals surface area contributed by atoms with Crippen molar-refractivity contribution in [1.29, 1.82) is 0 Å². The van der Waals surface area contributed by atoms with Crippen LogP contribution in [0, 0.1) is 0 Å². The molecule has 58 heavy (non-hydrogen) atoms. The number of esters is 1. The maximum Gasteiger partial charge on any atom is 0.306 e. The summed E-state index contributed by atoms with van der Waals surface area (Å²) in [6.07, 6.45) is 51.3. The monoisotopic (exact) mass is 820 g/mol. The first-order valence-corrected chi connectivity index (χ1v) is 25.9. The van der Waals surface area contributed by atoms with Gasteiger partial charge >= 0.3 is 5.97 Å². The van der Waals surface area contributed by atoms with Crippen LogP contribution in [-0.4, -0.2) is 46.9 Å². The molecular formula is C52H101NO5. The third-order valence-corrected chi connectivity index (χ3v) is 12.1. The second-order valence-corrected chi connectivity index (χ2v) is 17.9. The van der Waals surface area contributed by atoms with Gasteiger partial charge in [0.25, 0.3) is 0 Å². The zero-order chi connectivity index (χ0) is 42.4. The lowest BCUT2D eigenvalue weighted by Gasteiger charge is -2.24. The van der Waals surface area contributed by atoms with Crippen molar-refractivity contribution < 1.29 is 24.5 Å². The summed E-state index contributed by atoms with van der Waals surface area (Å²) < 4.78 is 5.93. The summed E-state index contributed by atoms with van der Waals surface area (Å²) in [6, 6.07) is -0.696. The number of rotatable bonds is 47. The first-order valence-electron chi connectivity index (χ1n) is 25.9. The summed E-state index contributed by atoms with van der Waals surface area (Å²) in [5.74, 6) is -0.466. The van der Waals surface area contributed by atoms with E-state index in [4.69, 9.17) is 4.74 Å². The van der Waals surface area contributed by atoms with Crippen molar-refractivity contribution in [2.45, 2.75) is 302 Å². The number of carbonyl (C=O) groups excluding carboxylic acids is 2. The highest BCUT2D eigenvalue weighted by molar-refractivity contribution is 5.77. The highest BCUT2D eigenvalue weighted by atomic mass is 16.5. The Morgan fingerprint density at radius 2 is 0.828 bits per heavy atom. The van der Waals surface area contributed by atoms with Crippen molar-refractivity contribution in [3.8, 4) is 0 Å². The van der Waals surface area contributed by atoms with E-state index in [9.17, 15) is 19.8 Å². The Morgan fingerprint density at radius 3 is 1.24 bits per heavy atom. The maximum atomic E-state index is 13.2. The first-order chi connectivity index (χ1) is 28.5. The lowest BCUT2D eigenvalue weighted by molar-refractivity contribution is -0.151. The van der Waals surface area contributed by atoms with Crippen molar-refractivity contribution in [3.05, 3.63) is 12.2 Å². The molecule has 1 amide bonds. The van der Waals surface area contributed by atoms with Gasteiger partial charge in [0.2, 0.25) is 5.91 Å². The molecule has 0 saturated heterocycles. The van der Waals surface area contributed by atoms with E-state index in [1.54, 1.807) is 0 Å². The van der Waals surface area contributed by atoms with Gasteiger partial charge < -0.3 is 20.3 Å². The standard InChI is InChI=1S/C52H101NO5/c1-4-7-10-13-16-19-22-24-25-26-28-30-33-36-39-42-45-52(57)58-48(43-40-37-34-31-29-27-23-20-17-14-11-8-5-2)46-51(56)53-49(47-54)50(55)44-41-38-35-32-21-18-15-12-9-6-3/h20,23,48-50,54-55H,4-19,21-22,24-47H2,1-3H3,(H,53,56)/b23-20-. The van der Waals surface area contributed by atoms with Crippen LogP contribution in [0.3, 0.4) is 0 Å². The van der Waals surface area contributed by atoms with Crippen molar-refractivity contribution in [3.63, 3.8) is 0 Å². The topological polar surface area (TPSA) is 95.9 Å². The zero-order valence-corrected chi connectivity index (χ0v) is 39.2. The Labute approximate surface area is 361 Å². The summed E-state index contributed by atoms with van der Waals surface area (Å²) in [4.78, 5) is 26.1. The molecule has 0 rings (SSSR count). The fraction of sp³-hybridized carbons (Fsp3) is 0.923. The smallest absolute Gasteiger partial charge is 0.306 e. The predicted molar refractivity (Wildman–Crippen MR) is 250 cm³/mol. The number of ether oxygens (including phenoxy) is 1. The molecule has 6 nitrogen and oxygen atoms in total. The van der Waals surface area contributed by atoms with Crippen LogP contribution in [0.15, 0.2) is 12.2 Å². The Hall–Kier alpha value is -1.40. The lowest BCUT2D eigenvalue weighted by Crippen LogP contribution is -2.46. The minimum atomic E-state index is -0.783. The van der Waals surface area contributed by atoms with Crippen LogP contribution in [0.2, 0.25) is 0 Å². The molecule has 0 aromatic heterocycles. The lowest BCUT2D eigenvalue weighted by atomic mass is 10.0. The number of allylic oxidation sites excluding steroid dienone is 2. The Morgan fingerprint density at radius 1 is 0.483 bits per heavy atom. The summed E-state index contributed by atoms with van der Waals surface area (Å²) in [5, 5.41) is 23.7. The second-order valence-electron chi connectivity index (χ2n) is 17.9. The van der Waals surface area contributed by atoms with Crippen LogP contribution >= 0.6 is 0 Å². The Balaban J connectivity index is 4.52. The van der Waals surface area contributed by atoms with E-state index in [2.05, 4.69) is 38.2 Å². The zero-order valence-electron chi connectivity index (χ0n) is 39.2. The molecule has 0 aromatic rings. The van der Waals surface area contributed by atoms with E-state index < -0.39 is 18.2 Å². The first kappa shape index (κ1) is 56.6. The van der Waals surface area contributed by atoms with Gasteiger partial charge in [-0.05, 0) is 51.4 Å². The molecular weight excluding hydrogens is 719 g/mol. The van der Waals surface area contributed by atoms with E-state index in [1.165, 1.54) is 180 Å². The van der Waals surface area contributed by atoms with Crippen molar-refractivity contribution in [2.24, 2.45) is 0 Å². The van der Waals surface area contributed by atoms with E-state index in [-0.39, 0.29) is 24.9 Å². The fourth-order valence-electron chi connectivity index (χ4n) is 8.13. The maximum absolute atomic E-state index is 13.2. The number of hydrogen-bond acceptors (Lipinski definition) is 5. The molecule has 0 aliphatic heterocycles. The number of hydrogen-bond donors (Lipinski definition) is 3. The number of amides is 1. The van der Waals surface area contributed by atoms with Crippen molar-refractivity contribution in [2.75, 3.05) is 6.61 Å². The van der Waals surface area contributed by atoms with Gasteiger partial charge in [-0.1, -0.05) is 232 Å². The molecule has 3 atom stereocenters. The van der Waals surface area contributed by atoms with Gasteiger partial charge in [0.1, 0.15) is 6.10 Å². The predicted octanol–water partition coefficient (Wildman–Crippen LogP) is 15.3. The average molecular weight is 820 g/mol. The quantitative estimate of drug-likeness (QED) is 0.0323. The normalized spacial score (nSPS) is 13.3. The molecule has 3 N–H and O–H groups in total. The van der Waals surface area contributed by atoms with Gasteiger partial charge in [0, 0.05) is 6.42 Å². The van der Waals surface area contributed by atoms with Crippen molar-refractivity contribution >= 4 is 11.9 Å². The van der Waals surface area contributed by atoms with Gasteiger partial charge in [-0.25, -0.2) is 0 Å². The summed E-state index contributed by atoms with van der Waals surface area (Å²) >= 11 is 0. The number of aliphatic hydroxyl groups excluding tert-OH is 2. The van der Waals surface area contributed by atoms with Crippen LogP contribution in [0.25, 0.3) is 0 Å². The highest BCUT2D eigenvalue weighted by Gasteiger charge is 2.24. The molecule has 0 bridgehead atoms. The van der Waals surface area contributed by atoms with Gasteiger partial charge in [-0.2, -0.15) is 0 Å². The van der Waals surface area contributed by atoms with Crippen LogP contribution in [0.4, 0.5) is 0 Å². The number of carbonyl (C=O) groups is 2. The molecule has 0 fully saturated rings. The molecule has 0 spiro atoms. The van der Waals surface area contributed by atoms with E-state index >= 15 is 0 Å². The minimum Gasteiger partial charge on any atom is -0.462 e. The summed E-state index contributed by atoms with van der Waals surface area (Å²) in [7, 11) is 0.